The van der Waals surface area contributed by atoms with Crippen LogP contribution in [0, 0.1) is 6.92 Å². The minimum atomic E-state index is -0.885. The molecule has 3 aromatic rings. The standard InChI is InChI=1S/C24H30N2O/c1-17-14-18(16-24(2,27)19-8-6-5-7-9-19)23-21(15-17)20-10-12-25(3)13-11-22(20)26(23)4/h5-9,14-15,27H,10-13,16H2,1-4H3. The lowest BCUT2D eigenvalue weighted by molar-refractivity contribution is 0.0579. The molecule has 0 radical (unpaired) electrons. The first kappa shape index (κ1) is 18.3. The molecule has 0 saturated carbocycles. The third-order valence-corrected chi connectivity index (χ3v) is 6.15. The topological polar surface area (TPSA) is 28.4 Å². The molecule has 0 spiro atoms. The normalized spacial score (nSPS) is 17.5. The van der Waals surface area contributed by atoms with Crippen molar-refractivity contribution >= 4 is 10.9 Å². The van der Waals surface area contributed by atoms with Gasteiger partial charge in [0, 0.05) is 44.1 Å². The maximum atomic E-state index is 11.2. The van der Waals surface area contributed by atoms with Crippen LogP contribution in [0.25, 0.3) is 10.9 Å². The Morgan fingerprint density at radius 3 is 2.48 bits per heavy atom. The summed E-state index contributed by atoms with van der Waals surface area (Å²) < 4.78 is 2.39. The number of fused-ring (bicyclic) bond motifs is 3. The van der Waals surface area contributed by atoms with Crippen molar-refractivity contribution in [1.29, 1.82) is 0 Å². The Morgan fingerprint density at radius 1 is 1.04 bits per heavy atom. The second-order valence-electron chi connectivity index (χ2n) is 8.42. The van der Waals surface area contributed by atoms with Crippen LogP contribution in [0.15, 0.2) is 42.5 Å². The first-order valence-electron chi connectivity index (χ1n) is 9.93. The molecular weight excluding hydrogens is 332 g/mol. The molecule has 1 aliphatic heterocycles. The molecule has 0 amide bonds. The Morgan fingerprint density at radius 2 is 1.74 bits per heavy atom. The van der Waals surface area contributed by atoms with Gasteiger partial charge in [0.1, 0.15) is 0 Å². The molecule has 1 atom stereocenters. The number of benzene rings is 2. The number of aliphatic hydroxyl groups is 1. The summed E-state index contributed by atoms with van der Waals surface area (Å²) in [6.07, 6.45) is 2.80. The second kappa shape index (κ2) is 6.81. The number of likely N-dealkylation sites (N-methyl/N-ethyl adjacent to an activating group) is 1. The molecule has 3 heteroatoms. The molecule has 1 N–H and O–H groups in total. The number of hydrogen-bond acceptors (Lipinski definition) is 2. The van der Waals surface area contributed by atoms with Crippen LogP contribution in [-0.2, 0) is 31.9 Å². The van der Waals surface area contributed by atoms with Crippen molar-refractivity contribution in [2.75, 3.05) is 20.1 Å². The predicted molar refractivity (Wildman–Crippen MR) is 112 cm³/mol. The first-order chi connectivity index (χ1) is 12.9. The van der Waals surface area contributed by atoms with Crippen LogP contribution in [0.3, 0.4) is 0 Å². The molecule has 1 aliphatic rings. The fourth-order valence-corrected chi connectivity index (χ4v) is 4.69. The van der Waals surface area contributed by atoms with Crippen molar-refractivity contribution in [3.8, 4) is 0 Å². The third-order valence-electron chi connectivity index (χ3n) is 6.15. The molecule has 0 saturated heterocycles. The fourth-order valence-electron chi connectivity index (χ4n) is 4.69. The molecular formula is C24H30N2O. The Kier molecular flexibility index (Phi) is 4.61. The maximum absolute atomic E-state index is 11.2. The van der Waals surface area contributed by atoms with Crippen LogP contribution in [0.2, 0.25) is 0 Å². The van der Waals surface area contributed by atoms with Gasteiger partial charge in [0.05, 0.1) is 11.1 Å². The van der Waals surface area contributed by atoms with Gasteiger partial charge in [-0.2, -0.15) is 0 Å². The van der Waals surface area contributed by atoms with E-state index in [9.17, 15) is 5.11 Å². The van der Waals surface area contributed by atoms with E-state index in [0.29, 0.717) is 6.42 Å². The van der Waals surface area contributed by atoms with E-state index in [0.717, 1.165) is 31.5 Å². The summed E-state index contributed by atoms with van der Waals surface area (Å²) >= 11 is 0. The Hall–Kier alpha value is -2.10. The molecule has 4 rings (SSSR count). The van der Waals surface area contributed by atoms with Gasteiger partial charge < -0.3 is 14.6 Å². The smallest absolute Gasteiger partial charge is 0.0909 e. The summed E-state index contributed by atoms with van der Waals surface area (Å²) in [5.74, 6) is 0. The van der Waals surface area contributed by atoms with Gasteiger partial charge in [-0.1, -0.05) is 42.0 Å². The van der Waals surface area contributed by atoms with Gasteiger partial charge in [-0.05, 0) is 50.1 Å². The predicted octanol–water partition coefficient (Wildman–Crippen LogP) is 3.97. The summed E-state index contributed by atoms with van der Waals surface area (Å²) in [6, 6.07) is 14.6. The fraction of sp³-hybridized carbons (Fsp3) is 0.417. The van der Waals surface area contributed by atoms with E-state index in [4.69, 9.17) is 0 Å². The van der Waals surface area contributed by atoms with Gasteiger partial charge in [0.25, 0.3) is 0 Å². The summed E-state index contributed by atoms with van der Waals surface area (Å²) in [5.41, 5.74) is 6.85. The van der Waals surface area contributed by atoms with E-state index in [1.54, 1.807) is 0 Å². The highest BCUT2D eigenvalue weighted by Crippen LogP contribution is 2.35. The van der Waals surface area contributed by atoms with Gasteiger partial charge in [0.15, 0.2) is 0 Å². The van der Waals surface area contributed by atoms with Crippen LogP contribution >= 0.6 is 0 Å². The van der Waals surface area contributed by atoms with Crippen LogP contribution in [0.4, 0.5) is 0 Å². The third kappa shape index (κ3) is 3.30. The summed E-state index contributed by atoms with van der Waals surface area (Å²) in [7, 11) is 4.41. The highest BCUT2D eigenvalue weighted by molar-refractivity contribution is 5.89. The van der Waals surface area contributed by atoms with Crippen LogP contribution in [0.1, 0.15) is 34.9 Å². The Labute approximate surface area is 162 Å². The SMILES string of the molecule is Cc1cc(CC(C)(O)c2ccccc2)c2c(c1)c1c(n2C)CCN(C)CC1. The molecule has 27 heavy (non-hydrogen) atoms. The van der Waals surface area contributed by atoms with Crippen molar-refractivity contribution in [2.45, 2.75) is 38.7 Å². The Balaban J connectivity index is 1.84. The number of aromatic nitrogens is 1. The highest BCUT2D eigenvalue weighted by atomic mass is 16.3. The highest BCUT2D eigenvalue weighted by Gasteiger charge is 2.27. The number of nitrogens with zero attached hydrogens (tertiary/aromatic N) is 2. The molecule has 2 aromatic carbocycles. The van der Waals surface area contributed by atoms with Crippen LogP contribution in [-0.4, -0.2) is 34.7 Å². The molecule has 1 unspecified atom stereocenters. The van der Waals surface area contributed by atoms with E-state index >= 15 is 0 Å². The molecule has 1 aromatic heterocycles. The molecule has 0 bridgehead atoms. The van der Waals surface area contributed by atoms with Gasteiger partial charge in [-0.15, -0.1) is 0 Å². The van der Waals surface area contributed by atoms with E-state index in [2.05, 4.69) is 42.6 Å². The van der Waals surface area contributed by atoms with Gasteiger partial charge in [0.2, 0.25) is 0 Å². The van der Waals surface area contributed by atoms with Crippen molar-refractivity contribution in [2.24, 2.45) is 7.05 Å². The van der Waals surface area contributed by atoms with Crippen molar-refractivity contribution < 1.29 is 5.11 Å². The minimum Gasteiger partial charge on any atom is -0.385 e. The number of hydrogen-bond donors (Lipinski definition) is 1. The minimum absolute atomic E-state index is 0.617. The zero-order valence-corrected chi connectivity index (χ0v) is 16.9. The van der Waals surface area contributed by atoms with Crippen molar-refractivity contribution in [1.82, 2.24) is 9.47 Å². The summed E-state index contributed by atoms with van der Waals surface area (Å²) in [6.45, 7) is 6.31. The zero-order chi connectivity index (χ0) is 19.2. The van der Waals surface area contributed by atoms with Crippen molar-refractivity contribution in [3.63, 3.8) is 0 Å². The monoisotopic (exact) mass is 362 g/mol. The quantitative estimate of drug-likeness (QED) is 0.764. The average molecular weight is 363 g/mol. The number of rotatable bonds is 3. The maximum Gasteiger partial charge on any atom is 0.0909 e. The number of aryl methyl sites for hydroxylation is 2. The summed E-state index contributed by atoms with van der Waals surface area (Å²) in [4.78, 5) is 2.42. The van der Waals surface area contributed by atoms with E-state index in [-0.39, 0.29) is 0 Å². The van der Waals surface area contributed by atoms with Crippen LogP contribution < -0.4 is 0 Å². The van der Waals surface area contributed by atoms with Gasteiger partial charge >= 0.3 is 0 Å². The lowest BCUT2D eigenvalue weighted by Crippen LogP contribution is -2.24. The van der Waals surface area contributed by atoms with Gasteiger partial charge in [-0.3, -0.25) is 0 Å². The zero-order valence-electron chi connectivity index (χ0n) is 16.9. The molecule has 142 valence electrons. The largest absolute Gasteiger partial charge is 0.385 e. The van der Waals surface area contributed by atoms with Crippen LogP contribution in [0.5, 0.6) is 0 Å². The Bertz CT molecular complexity index is 969. The lowest BCUT2D eigenvalue weighted by atomic mass is 9.87. The van der Waals surface area contributed by atoms with E-state index < -0.39 is 5.60 Å². The van der Waals surface area contributed by atoms with Crippen molar-refractivity contribution in [3.05, 3.63) is 70.4 Å². The molecule has 0 fully saturated rings. The second-order valence-corrected chi connectivity index (χ2v) is 8.42. The molecule has 0 aliphatic carbocycles. The first-order valence-corrected chi connectivity index (χ1v) is 9.93. The van der Waals surface area contributed by atoms with E-state index in [1.807, 2.05) is 37.3 Å². The summed E-state index contributed by atoms with van der Waals surface area (Å²) in [5, 5.41) is 12.6. The average Bonchev–Trinajstić information content (AvgIpc) is 2.76. The van der Waals surface area contributed by atoms with Gasteiger partial charge in [-0.25, -0.2) is 0 Å². The molecule has 3 nitrogen and oxygen atoms in total. The molecule has 2 heterocycles. The van der Waals surface area contributed by atoms with E-state index in [1.165, 1.54) is 33.3 Å². The lowest BCUT2D eigenvalue weighted by Gasteiger charge is -2.25.